The first kappa shape index (κ1) is 18.0. The van der Waals surface area contributed by atoms with Gasteiger partial charge in [-0.3, -0.25) is 4.18 Å². The highest BCUT2D eigenvalue weighted by Gasteiger charge is 2.38. The molecule has 0 heterocycles. The summed E-state index contributed by atoms with van der Waals surface area (Å²) in [6.45, 7) is 2.99. The van der Waals surface area contributed by atoms with Crippen LogP contribution in [0.3, 0.4) is 0 Å². The van der Waals surface area contributed by atoms with Gasteiger partial charge in [0.1, 0.15) is 0 Å². The normalized spacial score (nSPS) is 14.1. The highest BCUT2D eigenvalue weighted by molar-refractivity contribution is 7.86. The molecular weight excluding hydrogens is 305 g/mol. The first-order chi connectivity index (χ1) is 9.66. The van der Waals surface area contributed by atoms with Crippen LogP contribution < -0.4 is 0 Å². The molecule has 0 saturated carbocycles. The number of alkyl halides is 3. The summed E-state index contributed by atoms with van der Waals surface area (Å²) in [7, 11) is -4.00. The van der Waals surface area contributed by atoms with E-state index in [0.717, 1.165) is 5.56 Å². The van der Waals surface area contributed by atoms with E-state index in [1.807, 2.05) is 0 Å². The third-order valence-electron chi connectivity index (χ3n) is 3.11. The van der Waals surface area contributed by atoms with Crippen LogP contribution in [0.15, 0.2) is 29.2 Å². The fourth-order valence-corrected chi connectivity index (χ4v) is 2.81. The standard InChI is InChI=1S/C14H19F3O3S/c1-3-4-12(14(15,16)17)9-10-20-21(18,19)13-7-5-11(2)6-8-13/h5-8,12H,3-4,9-10H2,1-2H3. The van der Waals surface area contributed by atoms with E-state index in [9.17, 15) is 21.6 Å². The number of halogens is 3. The molecule has 0 fully saturated rings. The van der Waals surface area contributed by atoms with Gasteiger partial charge in [-0.2, -0.15) is 21.6 Å². The quantitative estimate of drug-likeness (QED) is 0.710. The third kappa shape index (κ3) is 5.67. The van der Waals surface area contributed by atoms with Crippen LogP contribution in [0.2, 0.25) is 0 Å². The van der Waals surface area contributed by atoms with E-state index in [1.54, 1.807) is 26.0 Å². The molecule has 0 N–H and O–H groups in total. The maximum atomic E-state index is 12.7. The predicted octanol–water partition coefficient (Wildman–Crippen LogP) is 4.07. The van der Waals surface area contributed by atoms with Crippen molar-refractivity contribution < 1.29 is 25.8 Å². The fourth-order valence-electron chi connectivity index (χ4n) is 1.89. The van der Waals surface area contributed by atoms with Gasteiger partial charge in [0.2, 0.25) is 0 Å². The molecule has 1 rings (SSSR count). The second-order valence-electron chi connectivity index (χ2n) is 4.91. The van der Waals surface area contributed by atoms with Gasteiger partial charge in [0.25, 0.3) is 10.1 Å². The van der Waals surface area contributed by atoms with Crippen molar-refractivity contribution in [2.24, 2.45) is 5.92 Å². The molecule has 0 aliphatic heterocycles. The maximum absolute atomic E-state index is 12.7. The average Bonchev–Trinajstić information content (AvgIpc) is 2.37. The minimum Gasteiger partial charge on any atom is -0.266 e. The van der Waals surface area contributed by atoms with Gasteiger partial charge in [-0.15, -0.1) is 0 Å². The lowest BCUT2D eigenvalue weighted by Gasteiger charge is -2.19. The molecule has 0 bridgehead atoms. The zero-order valence-corrected chi connectivity index (χ0v) is 12.8. The van der Waals surface area contributed by atoms with Crippen LogP contribution in [0, 0.1) is 12.8 Å². The lowest BCUT2D eigenvalue weighted by Crippen LogP contribution is -2.24. The number of aryl methyl sites for hydroxylation is 1. The average molecular weight is 324 g/mol. The van der Waals surface area contributed by atoms with Crippen LogP contribution in [0.25, 0.3) is 0 Å². The summed E-state index contributed by atoms with van der Waals surface area (Å²) in [4.78, 5) is -0.0489. The van der Waals surface area contributed by atoms with Crippen LogP contribution in [-0.4, -0.2) is 21.2 Å². The third-order valence-corrected chi connectivity index (χ3v) is 4.44. The van der Waals surface area contributed by atoms with Gasteiger partial charge in [-0.05, 0) is 31.9 Å². The molecule has 21 heavy (non-hydrogen) atoms. The summed E-state index contributed by atoms with van der Waals surface area (Å²) in [6, 6.07) is 5.95. The molecule has 0 aromatic heterocycles. The number of benzene rings is 1. The van der Waals surface area contributed by atoms with E-state index < -0.39 is 28.8 Å². The van der Waals surface area contributed by atoms with Crippen LogP contribution in [0.5, 0.6) is 0 Å². The predicted molar refractivity (Wildman–Crippen MR) is 73.4 cm³/mol. The van der Waals surface area contributed by atoms with Crippen LogP contribution in [-0.2, 0) is 14.3 Å². The van der Waals surface area contributed by atoms with E-state index >= 15 is 0 Å². The zero-order chi connectivity index (χ0) is 16.1. The molecule has 0 spiro atoms. The van der Waals surface area contributed by atoms with Gasteiger partial charge in [0.05, 0.1) is 17.4 Å². The van der Waals surface area contributed by atoms with Gasteiger partial charge in [0, 0.05) is 0 Å². The number of hydrogen-bond donors (Lipinski definition) is 0. The Hall–Kier alpha value is -1.08. The van der Waals surface area contributed by atoms with Crippen molar-refractivity contribution in [3.63, 3.8) is 0 Å². The molecular formula is C14H19F3O3S. The van der Waals surface area contributed by atoms with Gasteiger partial charge in [0.15, 0.2) is 0 Å². The number of hydrogen-bond acceptors (Lipinski definition) is 3. The summed E-state index contributed by atoms with van der Waals surface area (Å²) < 4.78 is 66.4. The second-order valence-corrected chi connectivity index (χ2v) is 6.52. The Bertz CT molecular complexity index is 536. The summed E-state index contributed by atoms with van der Waals surface area (Å²) in [6.07, 6.45) is -4.33. The molecule has 1 aromatic carbocycles. The van der Waals surface area contributed by atoms with Gasteiger partial charge >= 0.3 is 6.18 Å². The summed E-state index contributed by atoms with van der Waals surface area (Å²) >= 11 is 0. The van der Waals surface area contributed by atoms with Crippen LogP contribution in [0.1, 0.15) is 31.7 Å². The van der Waals surface area contributed by atoms with Crippen molar-refractivity contribution in [1.29, 1.82) is 0 Å². The van der Waals surface area contributed by atoms with Gasteiger partial charge in [-0.25, -0.2) is 0 Å². The minimum absolute atomic E-state index is 0.0303. The second kappa shape index (κ2) is 7.26. The molecule has 1 atom stereocenters. The van der Waals surface area contributed by atoms with Crippen molar-refractivity contribution in [3.8, 4) is 0 Å². The highest BCUT2D eigenvalue weighted by atomic mass is 32.2. The van der Waals surface area contributed by atoms with Gasteiger partial charge < -0.3 is 0 Å². The monoisotopic (exact) mass is 324 g/mol. The van der Waals surface area contributed by atoms with Crippen molar-refractivity contribution in [1.82, 2.24) is 0 Å². The summed E-state index contributed by atoms with van der Waals surface area (Å²) in [5.41, 5.74) is 0.883. The molecule has 120 valence electrons. The Labute approximate surface area is 123 Å². The van der Waals surface area contributed by atoms with E-state index in [-0.39, 0.29) is 17.7 Å². The SMILES string of the molecule is CCCC(CCOS(=O)(=O)c1ccc(C)cc1)C(F)(F)F. The molecule has 7 heteroatoms. The van der Waals surface area contributed by atoms with E-state index in [1.165, 1.54) is 12.1 Å². The van der Waals surface area contributed by atoms with Crippen molar-refractivity contribution in [2.45, 2.75) is 44.2 Å². The first-order valence-corrected chi connectivity index (χ1v) is 8.10. The number of rotatable bonds is 7. The van der Waals surface area contributed by atoms with Crippen LogP contribution in [0.4, 0.5) is 13.2 Å². The van der Waals surface area contributed by atoms with Crippen LogP contribution >= 0.6 is 0 Å². The van der Waals surface area contributed by atoms with Crippen molar-refractivity contribution in [2.75, 3.05) is 6.61 Å². The fraction of sp³-hybridized carbons (Fsp3) is 0.571. The Morgan fingerprint density at radius 1 is 1.14 bits per heavy atom. The summed E-state index contributed by atoms with van der Waals surface area (Å²) in [5, 5.41) is 0. The highest BCUT2D eigenvalue weighted by Crippen LogP contribution is 2.32. The molecule has 3 nitrogen and oxygen atoms in total. The Morgan fingerprint density at radius 3 is 2.19 bits per heavy atom. The topological polar surface area (TPSA) is 43.4 Å². The molecule has 0 saturated heterocycles. The molecule has 0 aliphatic carbocycles. The lowest BCUT2D eigenvalue weighted by molar-refractivity contribution is -0.179. The van der Waals surface area contributed by atoms with E-state index in [0.29, 0.717) is 6.42 Å². The molecule has 1 aromatic rings. The Kier molecular flexibility index (Phi) is 6.22. The lowest BCUT2D eigenvalue weighted by atomic mass is 10.00. The first-order valence-electron chi connectivity index (χ1n) is 6.69. The maximum Gasteiger partial charge on any atom is 0.391 e. The Balaban J connectivity index is 2.63. The molecule has 1 unspecified atom stereocenters. The summed E-state index contributed by atoms with van der Waals surface area (Å²) in [5.74, 6) is -1.53. The largest absolute Gasteiger partial charge is 0.391 e. The smallest absolute Gasteiger partial charge is 0.266 e. The van der Waals surface area contributed by atoms with E-state index in [4.69, 9.17) is 4.18 Å². The zero-order valence-electron chi connectivity index (χ0n) is 12.0. The van der Waals surface area contributed by atoms with Crippen molar-refractivity contribution >= 4 is 10.1 Å². The molecule has 0 amide bonds. The minimum atomic E-state index is -4.33. The molecule has 0 radical (unpaired) electrons. The van der Waals surface area contributed by atoms with E-state index in [2.05, 4.69) is 0 Å². The Morgan fingerprint density at radius 2 is 1.71 bits per heavy atom. The van der Waals surface area contributed by atoms with Gasteiger partial charge in [-0.1, -0.05) is 31.0 Å². The molecule has 0 aliphatic rings. The van der Waals surface area contributed by atoms with Crippen molar-refractivity contribution in [3.05, 3.63) is 29.8 Å².